The van der Waals surface area contributed by atoms with E-state index in [9.17, 15) is 9.59 Å². The van der Waals surface area contributed by atoms with Gasteiger partial charge in [0.2, 0.25) is 0 Å². The molecule has 2 aromatic rings. The van der Waals surface area contributed by atoms with Crippen molar-refractivity contribution in [2.75, 3.05) is 36.1 Å². The van der Waals surface area contributed by atoms with E-state index in [2.05, 4.69) is 26.1 Å². The second-order valence-corrected chi connectivity index (χ2v) is 7.51. The maximum Gasteiger partial charge on any atom is 0.270 e. The number of hydrogen-bond acceptors (Lipinski definition) is 6. The first kappa shape index (κ1) is 18.9. The van der Waals surface area contributed by atoms with Gasteiger partial charge in [-0.1, -0.05) is 15.9 Å². The van der Waals surface area contributed by atoms with Crippen molar-refractivity contribution < 1.29 is 18.7 Å². The Morgan fingerprint density at radius 2 is 1.79 bits per heavy atom. The molecular formula is C19H16BrN3O4S. The molecule has 0 radical (unpaired) electrons. The first-order valence-electron chi connectivity index (χ1n) is 8.62. The highest BCUT2D eigenvalue weighted by Gasteiger charge is 2.34. The highest BCUT2D eigenvalue weighted by atomic mass is 79.9. The number of ether oxygens (including phenoxy) is 1. The third-order valence-corrected chi connectivity index (χ3v) is 5.22. The lowest BCUT2D eigenvalue weighted by molar-refractivity contribution is -0.122. The van der Waals surface area contributed by atoms with Crippen molar-refractivity contribution in [1.29, 1.82) is 0 Å². The average Bonchev–Trinajstić information content (AvgIpc) is 3.16. The van der Waals surface area contributed by atoms with Crippen LogP contribution in [0.2, 0.25) is 0 Å². The smallest absolute Gasteiger partial charge is 0.270 e. The molecule has 0 saturated carbocycles. The molecule has 1 N–H and O–H groups in total. The minimum Gasteiger partial charge on any atom is -0.441 e. The van der Waals surface area contributed by atoms with E-state index < -0.39 is 11.8 Å². The Balaban J connectivity index is 1.61. The summed E-state index contributed by atoms with van der Waals surface area (Å²) in [5.74, 6) is 0.0516. The number of thiocarbonyl (C=S) groups is 1. The number of hydrogen-bond donors (Lipinski definition) is 1. The zero-order chi connectivity index (χ0) is 19.7. The third kappa shape index (κ3) is 3.73. The maximum atomic E-state index is 13.0. The molecule has 0 spiro atoms. The van der Waals surface area contributed by atoms with Crippen LogP contribution in [0.5, 0.6) is 0 Å². The fraction of sp³-hybridized carbons (Fsp3) is 0.211. The highest BCUT2D eigenvalue weighted by molar-refractivity contribution is 9.10. The van der Waals surface area contributed by atoms with E-state index in [1.807, 2.05) is 6.07 Å². The van der Waals surface area contributed by atoms with Crippen LogP contribution in [0, 0.1) is 0 Å². The van der Waals surface area contributed by atoms with Crippen LogP contribution < -0.4 is 15.1 Å². The predicted octanol–water partition coefficient (Wildman–Crippen LogP) is 2.71. The molecule has 144 valence electrons. The number of furan rings is 1. The molecule has 9 heteroatoms. The molecule has 7 nitrogen and oxygen atoms in total. The van der Waals surface area contributed by atoms with Crippen molar-refractivity contribution in [3.8, 4) is 0 Å². The first-order chi connectivity index (χ1) is 13.5. The molecule has 28 heavy (non-hydrogen) atoms. The molecule has 2 aliphatic heterocycles. The van der Waals surface area contributed by atoms with E-state index >= 15 is 0 Å². The second-order valence-electron chi connectivity index (χ2n) is 6.21. The van der Waals surface area contributed by atoms with Gasteiger partial charge >= 0.3 is 0 Å². The number of carbonyl (C=O) groups is 2. The van der Waals surface area contributed by atoms with Crippen LogP contribution in [0.3, 0.4) is 0 Å². The van der Waals surface area contributed by atoms with Gasteiger partial charge < -0.3 is 14.1 Å². The number of benzene rings is 1. The molecule has 4 rings (SSSR count). The van der Waals surface area contributed by atoms with Crippen molar-refractivity contribution in [1.82, 2.24) is 5.32 Å². The van der Waals surface area contributed by atoms with Gasteiger partial charge in [0, 0.05) is 23.6 Å². The lowest BCUT2D eigenvalue weighted by Crippen LogP contribution is -2.54. The summed E-state index contributed by atoms with van der Waals surface area (Å²) in [7, 11) is 0. The largest absolute Gasteiger partial charge is 0.441 e. The van der Waals surface area contributed by atoms with Crippen LogP contribution in [-0.2, 0) is 14.3 Å². The van der Waals surface area contributed by atoms with E-state index in [0.717, 1.165) is 17.6 Å². The molecule has 1 aromatic carbocycles. The molecule has 0 bridgehead atoms. The average molecular weight is 462 g/mol. The number of morpholine rings is 1. The van der Waals surface area contributed by atoms with Gasteiger partial charge in [0.15, 0.2) is 11.0 Å². The fourth-order valence-electron chi connectivity index (χ4n) is 3.00. The summed E-state index contributed by atoms with van der Waals surface area (Å²) in [4.78, 5) is 28.7. The fourth-order valence-corrected chi connectivity index (χ4v) is 3.54. The zero-order valence-corrected chi connectivity index (χ0v) is 17.1. The Morgan fingerprint density at radius 1 is 1.07 bits per heavy atom. The van der Waals surface area contributed by atoms with Gasteiger partial charge in [0.25, 0.3) is 11.8 Å². The topological polar surface area (TPSA) is 75.0 Å². The van der Waals surface area contributed by atoms with Gasteiger partial charge in [-0.05, 0) is 48.6 Å². The molecule has 0 unspecified atom stereocenters. The molecule has 1 aromatic heterocycles. The summed E-state index contributed by atoms with van der Waals surface area (Å²) in [5, 5.41) is 2.61. The Labute approximate surface area is 175 Å². The number of rotatable bonds is 3. The standard InChI is InChI=1S/C19H16BrN3O4S/c20-12-1-3-13(4-2-12)23-18(25)15(17(24)21-19(23)28)11-14-5-6-16(27-14)22-7-9-26-10-8-22/h1-6,11H,7-10H2,(H,21,24,28)/b15-11-. The molecule has 3 heterocycles. The van der Waals surface area contributed by atoms with Crippen LogP contribution in [0.4, 0.5) is 11.6 Å². The number of nitrogens with one attached hydrogen (secondary N) is 1. The van der Waals surface area contributed by atoms with Crippen molar-refractivity contribution in [2.45, 2.75) is 0 Å². The number of anilines is 2. The van der Waals surface area contributed by atoms with E-state index in [1.54, 1.807) is 30.3 Å². The van der Waals surface area contributed by atoms with E-state index in [4.69, 9.17) is 21.4 Å². The Kier molecular flexibility index (Phi) is 5.29. The van der Waals surface area contributed by atoms with Crippen molar-refractivity contribution in [2.24, 2.45) is 0 Å². The van der Waals surface area contributed by atoms with Gasteiger partial charge in [0.1, 0.15) is 11.3 Å². The monoisotopic (exact) mass is 461 g/mol. The predicted molar refractivity (Wildman–Crippen MR) is 112 cm³/mol. The quantitative estimate of drug-likeness (QED) is 0.430. The molecule has 0 aliphatic carbocycles. The molecule has 2 fully saturated rings. The van der Waals surface area contributed by atoms with Gasteiger partial charge in [-0.25, -0.2) is 0 Å². The van der Waals surface area contributed by atoms with Crippen LogP contribution in [0.25, 0.3) is 6.08 Å². The van der Waals surface area contributed by atoms with Crippen LogP contribution in [0.1, 0.15) is 5.76 Å². The number of amides is 2. The summed E-state index contributed by atoms with van der Waals surface area (Å²) in [6.07, 6.45) is 1.44. The van der Waals surface area contributed by atoms with E-state index in [-0.39, 0.29) is 10.7 Å². The molecule has 2 saturated heterocycles. The van der Waals surface area contributed by atoms with Gasteiger partial charge in [-0.15, -0.1) is 0 Å². The Morgan fingerprint density at radius 3 is 2.50 bits per heavy atom. The van der Waals surface area contributed by atoms with E-state index in [1.165, 1.54) is 11.0 Å². The van der Waals surface area contributed by atoms with Crippen LogP contribution in [-0.4, -0.2) is 43.2 Å². The lowest BCUT2D eigenvalue weighted by atomic mass is 10.1. The molecule has 2 amide bonds. The van der Waals surface area contributed by atoms with Gasteiger partial charge in [-0.3, -0.25) is 19.8 Å². The minimum atomic E-state index is -0.548. The van der Waals surface area contributed by atoms with Gasteiger partial charge in [0.05, 0.1) is 18.9 Å². The van der Waals surface area contributed by atoms with Crippen LogP contribution >= 0.6 is 28.1 Å². The summed E-state index contributed by atoms with van der Waals surface area (Å²) in [5.41, 5.74) is 0.525. The Bertz CT molecular complexity index is 964. The van der Waals surface area contributed by atoms with E-state index in [0.29, 0.717) is 30.5 Å². The molecule has 0 atom stereocenters. The normalized spacial score (nSPS) is 19.3. The summed E-state index contributed by atoms with van der Waals surface area (Å²) < 4.78 is 12.0. The molecular weight excluding hydrogens is 446 g/mol. The summed E-state index contributed by atoms with van der Waals surface area (Å²) >= 11 is 8.55. The SMILES string of the molecule is O=C1NC(=S)N(c2ccc(Br)cc2)C(=O)/C1=C\c1ccc(N2CCOCC2)o1. The summed E-state index contributed by atoms with van der Waals surface area (Å²) in [6.45, 7) is 2.73. The van der Waals surface area contributed by atoms with Crippen LogP contribution in [0.15, 0.2) is 50.9 Å². The number of halogens is 1. The second kappa shape index (κ2) is 7.86. The first-order valence-corrected chi connectivity index (χ1v) is 9.82. The highest BCUT2D eigenvalue weighted by Crippen LogP contribution is 2.26. The maximum absolute atomic E-state index is 13.0. The summed E-state index contributed by atoms with van der Waals surface area (Å²) in [6, 6.07) is 10.6. The number of nitrogens with zero attached hydrogens (tertiary/aromatic N) is 2. The van der Waals surface area contributed by atoms with Crippen molar-refractivity contribution >= 4 is 62.7 Å². The lowest BCUT2D eigenvalue weighted by Gasteiger charge is -2.28. The molecule has 2 aliphatic rings. The third-order valence-electron chi connectivity index (χ3n) is 4.41. The van der Waals surface area contributed by atoms with Crippen molar-refractivity contribution in [3.05, 3.63) is 52.2 Å². The van der Waals surface area contributed by atoms with Gasteiger partial charge in [-0.2, -0.15) is 0 Å². The minimum absolute atomic E-state index is 0.0422. The number of carbonyl (C=O) groups excluding carboxylic acids is 2. The Hall–Kier alpha value is -2.49. The zero-order valence-electron chi connectivity index (χ0n) is 14.7. The van der Waals surface area contributed by atoms with Crippen molar-refractivity contribution in [3.63, 3.8) is 0 Å².